The van der Waals surface area contributed by atoms with Crippen LogP contribution in [0.25, 0.3) is 22.1 Å². The average molecular weight is 421 g/mol. The average Bonchev–Trinajstić information content (AvgIpc) is 2.74. The van der Waals surface area contributed by atoms with Crippen molar-refractivity contribution in [1.29, 1.82) is 0 Å². The summed E-state index contributed by atoms with van der Waals surface area (Å²) in [6, 6.07) is 19.4. The summed E-state index contributed by atoms with van der Waals surface area (Å²) in [4.78, 5) is 35.1. The molecular weight excluding hydrogens is 408 g/mol. The van der Waals surface area contributed by atoms with Gasteiger partial charge in [-0.15, -0.1) is 0 Å². The van der Waals surface area contributed by atoms with E-state index in [0.29, 0.717) is 22.4 Å². The zero-order chi connectivity index (χ0) is 21.3. The molecule has 0 aliphatic rings. The molecule has 30 heavy (non-hydrogen) atoms. The first-order chi connectivity index (χ1) is 14.4. The van der Waals surface area contributed by atoms with Crippen LogP contribution in [0.2, 0.25) is 5.02 Å². The van der Waals surface area contributed by atoms with E-state index < -0.39 is 16.5 Å². The third-order valence-electron chi connectivity index (χ3n) is 4.50. The Bertz CT molecular complexity index is 1350. The summed E-state index contributed by atoms with van der Waals surface area (Å²) in [6.07, 6.45) is 0. The number of nitrogens with zero attached hydrogens (tertiary/aromatic N) is 1. The molecule has 0 saturated heterocycles. The van der Waals surface area contributed by atoms with Crippen molar-refractivity contribution in [3.05, 3.63) is 104 Å². The molecule has 0 atom stereocenters. The molecule has 0 unspecified atom stereocenters. The van der Waals surface area contributed by atoms with Crippen LogP contribution in [0.15, 0.2) is 82.0 Å². The number of amides is 1. The molecule has 0 bridgehead atoms. The highest BCUT2D eigenvalue weighted by Crippen LogP contribution is 2.26. The summed E-state index contributed by atoms with van der Waals surface area (Å²) < 4.78 is 5.35. The number of rotatable bonds is 4. The Hall–Kier alpha value is -3.97. The lowest BCUT2D eigenvalue weighted by molar-refractivity contribution is -0.384. The molecule has 0 spiro atoms. The first-order valence-electron chi connectivity index (χ1n) is 8.81. The molecule has 0 radical (unpaired) electrons. The van der Waals surface area contributed by atoms with Crippen molar-refractivity contribution in [3.63, 3.8) is 0 Å². The van der Waals surface area contributed by atoms with Gasteiger partial charge in [-0.25, -0.2) is 4.79 Å². The Morgan fingerprint density at radius 2 is 1.73 bits per heavy atom. The van der Waals surface area contributed by atoms with Gasteiger partial charge >= 0.3 is 5.63 Å². The minimum atomic E-state index is -0.650. The molecule has 0 aliphatic carbocycles. The number of nitro groups is 1. The number of benzene rings is 3. The molecule has 4 rings (SSSR count). The van der Waals surface area contributed by atoms with Crippen LogP contribution in [-0.2, 0) is 0 Å². The second-order valence-corrected chi connectivity index (χ2v) is 6.85. The molecule has 148 valence electrons. The maximum atomic E-state index is 12.4. The van der Waals surface area contributed by atoms with E-state index in [2.05, 4.69) is 5.32 Å². The Kier molecular flexibility index (Phi) is 5.04. The monoisotopic (exact) mass is 420 g/mol. The van der Waals surface area contributed by atoms with Crippen LogP contribution in [0.4, 0.5) is 11.4 Å². The fraction of sp³-hybridized carbons (Fsp3) is 0. The van der Waals surface area contributed by atoms with E-state index in [1.54, 1.807) is 42.5 Å². The van der Waals surface area contributed by atoms with Crippen LogP contribution in [0, 0.1) is 10.1 Å². The van der Waals surface area contributed by atoms with E-state index in [1.807, 2.05) is 12.1 Å². The fourth-order valence-corrected chi connectivity index (χ4v) is 3.18. The molecule has 7 nitrogen and oxygen atoms in total. The number of para-hydroxylation sites is 1. The molecule has 3 aromatic carbocycles. The summed E-state index contributed by atoms with van der Waals surface area (Å²) in [5, 5.41) is 14.4. The molecular formula is C22H13ClN2O5. The summed E-state index contributed by atoms with van der Waals surface area (Å²) in [6.45, 7) is 0. The van der Waals surface area contributed by atoms with Crippen LogP contribution in [0.1, 0.15) is 10.4 Å². The zero-order valence-corrected chi connectivity index (χ0v) is 16.1. The van der Waals surface area contributed by atoms with Crippen LogP contribution in [0.3, 0.4) is 0 Å². The van der Waals surface area contributed by atoms with Gasteiger partial charge in [-0.2, -0.15) is 0 Å². The van der Waals surface area contributed by atoms with Crippen molar-refractivity contribution >= 4 is 39.9 Å². The van der Waals surface area contributed by atoms with Gasteiger partial charge in [0.25, 0.3) is 11.6 Å². The molecule has 4 aromatic rings. The number of anilines is 1. The van der Waals surface area contributed by atoms with Gasteiger partial charge in [-0.05, 0) is 42.0 Å². The van der Waals surface area contributed by atoms with E-state index in [1.165, 1.54) is 12.1 Å². The van der Waals surface area contributed by atoms with Crippen molar-refractivity contribution < 1.29 is 14.1 Å². The molecule has 1 aromatic heterocycles. The Balaban J connectivity index is 1.58. The molecule has 1 amide bonds. The highest BCUT2D eigenvalue weighted by atomic mass is 35.5. The summed E-state index contributed by atoms with van der Waals surface area (Å²) >= 11 is 5.77. The largest absolute Gasteiger partial charge is 0.422 e. The minimum Gasteiger partial charge on any atom is -0.422 e. The molecule has 0 saturated carbocycles. The van der Waals surface area contributed by atoms with Gasteiger partial charge in [0.05, 0.1) is 10.5 Å². The lowest BCUT2D eigenvalue weighted by atomic mass is 10.1. The van der Waals surface area contributed by atoms with E-state index in [-0.39, 0.29) is 16.3 Å². The van der Waals surface area contributed by atoms with E-state index in [0.717, 1.165) is 11.5 Å². The number of carbonyl (C=O) groups excluding carboxylic acids is 1. The molecule has 0 fully saturated rings. The Morgan fingerprint density at radius 3 is 2.47 bits per heavy atom. The van der Waals surface area contributed by atoms with Crippen LogP contribution in [-0.4, -0.2) is 10.8 Å². The van der Waals surface area contributed by atoms with Gasteiger partial charge < -0.3 is 9.73 Å². The summed E-state index contributed by atoms with van der Waals surface area (Å²) in [5.41, 5.74) is 1.31. The van der Waals surface area contributed by atoms with Gasteiger partial charge in [0.15, 0.2) is 0 Å². The second-order valence-electron chi connectivity index (χ2n) is 6.44. The van der Waals surface area contributed by atoms with E-state index in [9.17, 15) is 19.7 Å². The van der Waals surface area contributed by atoms with Gasteiger partial charge in [0.1, 0.15) is 10.6 Å². The first-order valence-corrected chi connectivity index (χ1v) is 9.19. The second kappa shape index (κ2) is 7.81. The third-order valence-corrected chi connectivity index (χ3v) is 4.82. The normalized spacial score (nSPS) is 10.7. The molecule has 8 heteroatoms. The van der Waals surface area contributed by atoms with E-state index >= 15 is 0 Å². The predicted octanol–water partition coefficient (Wildman–Crippen LogP) is 5.27. The number of hydrogen-bond acceptors (Lipinski definition) is 5. The molecule has 0 aliphatic heterocycles. The predicted molar refractivity (Wildman–Crippen MR) is 114 cm³/mol. The standard InChI is InChI=1S/C22H13ClN2O5/c23-18-10-7-15(12-19(18)25(28)29)21(26)24-16-8-5-13(6-9-16)17-11-14-3-1-2-4-20(14)30-22(17)27/h1-12H,(H,24,26). The number of halogens is 1. The number of nitro benzene ring substituents is 1. The third kappa shape index (κ3) is 3.78. The number of fused-ring (bicyclic) bond motifs is 1. The van der Waals surface area contributed by atoms with Crippen LogP contribution in [0.5, 0.6) is 0 Å². The fourth-order valence-electron chi connectivity index (χ4n) is 2.99. The van der Waals surface area contributed by atoms with Gasteiger partial charge in [0.2, 0.25) is 0 Å². The quantitative estimate of drug-likeness (QED) is 0.275. The summed E-state index contributed by atoms with van der Waals surface area (Å²) in [5.74, 6) is -0.521. The smallest absolute Gasteiger partial charge is 0.344 e. The van der Waals surface area contributed by atoms with Crippen molar-refractivity contribution in [2.45, 2.75) is 0 Å². The van der Waals surface area contributed by atoms with Crippen molar-refractivity contribution in [1.82, 2.24) is 0 Å². The topological polar surface area (TPSA) is 102 Å². The van der Waals surface area contributed by atoms with E-state index in [4.69, 9.17) is 16.0 Å². The Morgan fingerprint density at radius 1 is 1.00 bits per heavy atom. The number of carbonyl (C=O) groups is 1. The first kappa shape index (κ1) is 19.4. The Labute approximate surface area is 174 Å². The SMILES string of the molecule is O=C(Nc1ccc(-c2cc3ccccc3oc2=O)cc1)c1ccc(Cl)c([N+](=O)[O-])c1. The maximum Gasteiger partial charge on any atom is 0.344 e. The van der Waals surface area contributed by atoms with Gasteiger partial charge in [-0.1, -0.05) is 41.9 Å². The molecule has 1 heterocycles. The van der Waals surface area contributed by atoms with Crippen molar-refractivity contribution in [2.24, 2.45) is 0 Å². The van der Waals surface area contributed by atoms with Gasteiger partial charge in [-0.3, -0.25) is 14.9 Å². The van der Waals surface area contributed by atoms with Crippen LogP contribution < -0.4 is 10.9 Å². The number of nitrogens with one attached hydrogen (secondary N) is 1. The van der Waals surface area contributed by atoms with Crippen molar-refractivity contribution in [3.8, 4) is 11.1 Å². The summed E-state index contributed by atoms with van der Waals surface area (Å²) in [7, 11) is 0. The van der Waals surface area contributed by atoms with Crippen molar-refractivity contribution in [2.75, 3.05) is 5.32 Å². The maximum absolute atomic E-state index is 12.4. The lowest BCUT2D eigenvalue weighted by Gasteiger charge is -2.07. The highest BCUT2D eigenvalue weighted by Gasteiger charge is 2.16. The minimum absolute atomic E-state index is 0.0462. The molecule has 1 N–H and O–H groups in total. The highest BCUT2D eigenvalue weighted by molar-refractivity contribution is 6.32. The van der Waals surface area contributed by atoms with Crippen LogP contribution >= 0.6 is 11.6 Å². The van der Waals surface area contributed by atoms with Gasteiger partial charge in [0, 0.05) is 22.7 Å². The number of hydrogen-bond donors (Lipinski definition) is 1. The zero-order valence-electron chi connectivity index (χ0n) is 15.3. The lowest BCUT2D eigenvalue weighted by Crippen LogP contribution is -2.12.